The zero-order valence-corrected chi connectivity index (χ0v) is 17.9. The first-order valence-electron chi connectivity index (χ1n) is 10.3. The molecule has 1 N–H and O–H groups in total. The van der Waals surface area contributed by atoms with Crippen molar-refractivity contribution >= 4 is 28.5 Å². The minimum Gasteiger partial charge on any atom is -0.374 e. The number of hydrogen-bond donors (Lipinski definition) is 1. The van der Waals surface area contributed by atoms with Crippen LogP contribution in [0.3, 0.4) is 0 Å². The Morgan fingerprint density at radius 2 is 1.84 bits per heavy atom. The summed E-state index contributed by atoms with van der Waals surface area (Å²) in [5.41, 5.74) is 5.45. The van der Waals surface area contributed by atoms with E-state index in [4.69, 9.17) is 11.6 Å². The van der Waals surface area contributed by atoms with Gasteiger partial charge in [-0.2, -0.15) is 4.68 Å². The Kier molecular flexibility index (Phi) is 5.31. The molecular weight excluding hydrogens is 412 g/mol. The van der Waals surface area contributed by atoms with E-state index in [1.165, 1.54) is 5.56 Å². The molecule has 2 aromatic heterocycles. The average Bonchev–Trinajstić information content (AvgIpc) is 3.25. The Balaban J connectivity index is 1.33. The van der Waals surface area contributed by atoms with Gasteiger partial charge in [0.15, 0.2) is 5.65 Å². The van der Waals surface area contributed by atoms with Crippen LogP contribution in [0.2, 0.25) is 5.02 Å². The molecular formula is C23H23ClN6O. The molecule has 158 valence electrons. The summed E-state index contributed by atoms with van der Waals surface area (Å²) in [4.78, 5) is 8.80. The largest absolute Gasteiger partial charge is 0.374 e. The van der Waals surface area contributed by atoms with E-state index in [1.54, 1.807) is 10.9 Å². The van der Waals surface area contributed by atoms with Gasteiger partial charge in [0.2, 0.25) is 0 Å². The van der Waals surface area contributed by atoms with E-state index in [2.05, 4.69) is 32.0 Å². The maximum absolute atomic E-state index is 11.1. The van der Waals surface area contributed by atoms with Crippen molar-refractivity contribution in [3.63, 3.8) is 0 Å². The van der Waals surface area contributed by atoms with Gasteiger partial charge < -0.3 is 10.0 Å². The molecule has 1 unspecified atom stereocenters. The zero-order valence-electron chi connectivity index (χ0n) is 17.2. The normalized spacial score (nSPS) is 16.0. The van der Waals surface area contributed by atoms with Gasteiger partial charge in [-0.3, -0.25) is 4.90 Å². The summed E-state index contributed by atoms with van der Waals surface area (Å²) in [6.45, 7) is 5.27. The van der Waals surface area contributed by atoms with Crippen LogP contribution in [-0.2, 0) is 0 Å². The number of pyridine rings is 1. The summed E-state index contributed by atoms with van der Waals surface area (Å²) in [6.07, 6.45) is 1.03. The number of anilines is 1. The number of benzene rings is 2. The fraction of sp³-hybridized carbons (Fsp3) is 0.261. The lowest BCUT2D eigenvalue weighted by molar-refractivity contribution is -0.00162. The van der Waals surface area contributed by atoms with Crippen molar-refractivity contribution in [1.29, 1.82) is 0 Å². The molecule has 0 bridgehead atoms. The summed E-state index contributed by atoms with van der Waals surface area (Å²) in [5.74, 6) is 0. The minimum atomic E-state index is -0.690. The lowest BCUT2D eigenvalue weighted by atomic mass is 10.1. The van der Waals surface area contributed by atoms with Crippen LogP contribution in [-0.4, -0.2) is 56.2 Å². The standard InChI is InChI=1S/C23H23ClN6O/c1-16-7-8-18(24)15-21(16)28-10-12-29(13-11-28)23(31)17-4-2-5-19(14-17)30-22-20(26-27-30)6-3-9-25-22/h2-9,14-15,23,31H,10-13H2,1H3. The molecule has 4 aromatic rings. The highest BCUT2D eigenvalue weighted by Crippen LogP contribution is 2.28. The lowest BCUT2D eigenvalue weighted by Gasteiger charge is -2.39. The number of hydrogen-bond acceptors (Lipinski definition) is 6. The molecule has 1 fully saturated rings. The van der Waals surface area contributed by atoms with Gasteiger partial charge in [-0.1, -0.05) is 35.0 Å². The third-order valence-electron chi connectivity index (χ3n) is 5.79. The van der Waals surface area contributed by atoms with Crippen molar-refractivity contribution in [1.82, 2.24) is 24.9 Å². The van der Waals surface area contributed by atoms with E-state index < -0.39 is 6.23 Å². The highest BCUT2D eigenvalue weighted by atomic mass is 35.5. The summed E-state index contributed by atoms with van der Waals surface area (Å²) in [6, 6.07) is 17.5. The van der Waals surface area contributed by atoms with Crippen molar-refractivity contribution in [3.05, 3.63) is 76.9 Å². The number of aliphatic hydroxyl groups is 1. The van der Waals surface area contributed by atoms with E-state index in [-0.39, 0.29) is 0 Å². The maximum atomic E-state index is 11.1. The highest BCUT2D eigenvalue weighted by molar-refractivity contribution is 6.30. The Morgan fingerprint density at radius 3 is 2.68 bits per heavy atom. The molecule has 1 saturated heterocycles. The van der Waals surface area contributed by atoms with Gasteiger partial charge in [-0.15, -0.1) is 5.10 Å². The van der Waals surface area contributed by atoms with E-state index in [0.717, 1.165) is 53.7 Å². The van der Waals surface area contributed by atoms with Crippen molar-refractivity contribution in [2.24, 2.45) is 0 Å². The molecule has 7 nitrogen and oxygen atoms in total. The predicted molar refractivity (Wildman–Crippen MR) is 122 cm³/mol. The van der Waals surface area contributed by atoms with Crippen LogP contribution in [0.1, 0.15) is 17.4 Å². The second kappa shape index (κ2) is 8.26. The average molecular weight is 435 g/mol. The van der Waals surface area contributed by atoms with Crippen LogP contribution in [0.15, 0.2) is 60.8 Å². The number of rotatable bonds is 4. The van der Waals surface area contributed by atoms with Crippen molar-refractivity contribution in [3.8, 4) is 5.69 Å². The number of halogens is 1. The number of aryl methyl sites for hydroxylation is 1. The fourth-order valence-corrected chi connectivity index (χ4v) is 4.26. The van der Waals surface area contributed by atoms with Crippen LogP contribution < -0.4 is 4.90 Å². The number of fused-ring (bicyclic) bond motifs is 1. The first kappa shape index (κ1) is 19.9. The van der Waals surface area contributed by atoms with Crippen molar-refractivity contribution in [2.45, 2.75) is 13.2 Å². The van der Waals surface area contributed by atoms with Crippen LogP contribution >= 0.6 is 11.6 Å². The molecule has 1 aliphatic heterocycles. The van der Waals surface area contributed by atoms with Gasteiger partial charge in [0.1, 0.15) is 11.7 Å². The Hall–Kier alpha value is -3.00. The molecule has 0 aliphatic carbocycles. The monoisotopic (exact) mass is 434 g/mol. The first-order valence-corrected chi connectivity index (χ1v) is 10.7. The van der Waals surface area contributed by atoms with Crippen LogP contribution in [0.5, 0.6) is 0 Å². The van der Waals surface area contributed by atoms with Crippen molar-refractivity contribution < 1.29 is 5.11 Å². The smallest absolute Gasteiger partial charge is 0.183 e. The van der Waals surface area contributed by atoms with E-state index in [1.807, 2.05) is 54.6 Å². The van der Waals surface area contributed by atoms with Gasteiger partial charge >= 0.3 is 0 Å². The second-order valence-corrected chi connectivity index (χ2v) is 8.21. The van der Waals surface area contributed by atoms with Crippen LogP contribution in [0.25, 0.3) is 16.9 Å². The van der Waals surface area contributed by atoms with E-state index in [9.17, 15) is 5.11 Å². The second-order valence-electron chi connectivity index (χ2n) is 7.77. The molecule has 8 heteroatoms. The minimum absolute atomic E-state index is 0.690. The molecule has 0 spiro atoms. The molecule has 0 saturated carbocycles. The Labute approximate surface area is 185 Å². The third kappa shape index (κ3) is 3.87. The fourth-order valence-electron chi connectivity index (χ4n) is 4.10. The van der Waals surface area contributed by atoms with Gasteiger partial charge in [0, 0.05) is 43.1 Å². The topological polar surface area (TPSA) is 70.3 Å². The predicted octanol–water partition coefficient (Wildman–Crippen LogP) is 3.59. The molecule has 1 aliphatic rings. The van der Waals surface area contributed by atoms with Gasteiger partial charge in [-0.05, 0) is 54.4 Å². The molecule has 0 radical (unpaired) electrons. The SMILES string of the molecule is Cc1ccc(Cl)cc1N1CCN(C(O)c2cccc(-n3nnc4cccnc43)c2)CC1. The molecule has 1 atom stereocenters. The van der Waals surface area contributed by atoms with Gasteiger partial charge in [0.25, 0.3) is 0 Å². The van der Waals surface area contributed by atoms with Gasteiger partial charge in [-0.25, -0.2) is 4.98 Å². The zero-order chi connectivity index (χ0) is 21.4. The molecule has 31 heavy (non-hydrogen) atoms. The molecule has 0 amide bonds. The number of nitrogens with zero attached hydrogens (tertiary/aromatic N) is 6. The molecule has 5 rings (SSSR count). The Bertz CT molecular complexity index is 1220. The van der Waals surface area contributed by atoms with E-state index in [0.29, 0.717) is 5.65 Å². The number of aromatic nitrogens is 4. The highest BCUT2D eigenvalue weighted by Gasteiger charge is 2.24. The maximum Gasteiger partial charge on any atom is 0.183 e. The number of aliphatic hydroxyl groups excluding tert-OH is 1. The van der Waals surface area contributed by atoms with Crippen molar-refractivity contribution in [2.75, 3.05) is 31.1 Å². The summed E-state index contributed by atoms with van der Waals surface area (Å²) < 4.78 is 1.70. The first-order chi connectivity index (χ1) is 15.1. The molecule has 3 heterocycles. The summed E-state index contributed by atoms with van der Waals surface area (Å²) in [5, 5.41) is 20.2. The van der Waals surface area contributed by atoms with Crippen LogP contribution in [0.4, 0.5) is 5.69 Å². The third-order valence-corrected chi connectivity index (χ3v) is 6.03. The lowest BCUT2D eigenvalue weighted by Crippen LogP contribution is -2.47. The quantitative estimate of drug-likeness (QED) is 0.529. The summed E-state index contributed by atoms with van der Waals surface area (Å²) in [7, 11) is 0. The Morgan fingerprint density at radius 1 is 1.00 bits per heavy atom. The molecule has 2 aromatic carbocycles. The van der Waals surface area contributed by atoms with Crippen LogP contribution in [0, 0.1) is 6.92 Å². The van der Waals surface area contributed by atoms with E-state index >= 15 is 0 Å². The number of piperazine rings is 1. The van der Waals surface area contributed by atoms with Gasteiger partial charge in [0.05, 0.1) is 5.69 Å². The summed E-state index contributed by atoms with van der Waals surface area (Å²) >= 11 is 6.20.